The Morgan fingerprint density at radius 2 is 1.90 bits per heavy atom. The maximum absolute atomic E-state index is 13.0. The second-order valence-electron chi connectivity index (χ2n) is 6.89. The standard InChI is InChI=1S/C24H16FNO3S/c25-17-3-1-15(2-4-17)7-9-28-18-5-6-22-19(11-18)21(27)13-23(29-22)20-12-24-16(14-26-20)8-10-30-24/h1-6,8,10-14H,7,9H2. The van der Waals surface area contributed by atoms with E-state index in [2.05, 4.69) is 4.98 Å². The van der Waals surface area contributed by atoms with Crippen molar-refractivity contribution in [2.45, 2.75) is 6.42 Å². The van der Waals surface area contributed by atoms with E-state index in [9.17, 15) is 9.18 Å². The van der Waals surface area contributed by atoms with E-state index in [4.69, 9.17) is 9.15 Å². The van der Waals surface area contributed by atoms with E-state index in [-0.39, 0.29) is 11.2 Å². The Balaban J connectivity index is 1.38. The Morgan fingerprint density at radius 1 is 1.03 bits per heavy atom. The molecule has 0 N–H and O–H groups in total. The molecule has 0 aliphatic heterocycles. The first-order valence-corrected chi connectivity index (χ1v) is 10.3. The summed E-state index contributed by atoms with van der Waals surface area (Å²) in [7, 11) is 0. The lowest BCUT2D eigenvalue weighted by Crippen LogP contribution is -2.04. The smallest absolute Gasteiger partial charge is 0.193 e. The zero-order valence-electron chi connectivity index (χ0n) is 15.8. The quantitative estimate of drug-likeness (QED) is 0.361. The molecule has 30 heavy (non-hydrogen) atoms. The van der Waals surface area contributed by atoms with Crippen LogP contribution in [0.3, 0.4) is 0 Å². The van der Waals surface area contributed by atoms with Gasteiger partial charge in [-0.15, -0.1) is 11.3 Å². The summed E-state index contributed by atoms with van der Waals surface area (Å²) in [6.07, 6.45) is 2.42. The first-order chi connectivity index (χ1) is 14.7. The maximum Gasteiger partial charge on any atom is 0.193 e. The van der Waals surface area contributed by atoms with E-state index >= 15 is 0 Å². The molecule has 0 saturated heterocycles. The predicted molar refractivity (Wildman–Crippen MR) is 117 cm³/mol. The van der Waals surface area contributed by atoms with Crippen LogP contribution in [0.1, 0.15) is 5.56 Å². The summed E-state index contributed by atoms with van der Waals surface area (Å²) in [6.45, 7) is 0.422. The molecule has 5 aromatic rings. The Bertz CT molecular complexity index is 1410. The van der Waals surface area contributed by atoms with Crippen LogP contribution >= 0.6 is 11.3 Å². The van der Waals surface area contributed by atoms with Crippen molar-refractivity contribution in [1.29, 1.82) is 0 Å². The lowest BCUT2D eigenvalue weighted by Gasteiger charge is -2.08. The molecule has 0 saturated carbocycles. The van der Waals surface area contributed by atoms with Gasteiger partial charge in [-0.05, 0) is 53.4 Å². The lowest BCUT2D eigenvalue weighted by atomic mass is 10.1. The fourth-order valence-electron chi connectivity index (χ4n) is 3.28. The zero-order chi connectivity index (χ0) is 20.5. The highest BCUT2D eigenvalue weighted by atomic mass is 32.1. The SMILES string of the molecule is O=c1cc(-c2cc3sccc3cn2)oc2ccc(OCCc3ccc(F)cc3)cc12. The van der Waals surface area contributed by atoms with Crippen LogP contribution in [0.25, 0.3) is 32.5 Å². The van der Waals surface area contributed by atoms with Crippen LogP contribution in [-0.4, -0.2) is 11.6 Å². The number of nitrogens with zero attached hydrogens (tertiary/aromatic N) is 1. The monoisotopic (exact) mass is 417 g/mol. The van der Waals surface area contributed by atoms with Crippen molar-refractivity contribution in [3.8, 4) is 17.2 Å². The van der Waals surface area contributed by atoms with Crippen molar-refractivity contribution in [1.82, 2.24) is 4.98 Å². The summed E-state index contributed by atoms with van der Waals surface area (Å²) in [5.41, 5.74) is 1.94. The molecule has 0 amide bonds. The number of hydrogen-bond acceptors (Lipinski definition) is 5. The highest BCUT2D eigenvalue weighted by Crippen LogP contribution is 2.27. The van der Waals surface area contributed by atoms with Gasteiger partial charge in [0.2, 0.25) is 0 Å². The van der Waals surface area contributed by atoms with E-state index in [0.717, 1.165) is 15.6 Å². The molecule has 5 rings (SSSR count). The number of fused-ring (bicyclic) bond motifs is 2. The minimum absolute atomic E-state index is 0.150. The number of hydrogen-bond donors (Lipinski definition) is 0. The zero-order valence-corrected chi connectivity index (χ0v) is 16.6. The van der Waals surface area contributed by atoms with Crippen LogP contribution in [0, 0.1) is 5.82 Å². The van der Waals surface area contributed by atoms with Crippen molar-refractivity contribution >= 4 is 32.4 Å². The molecule has 3 aromatic heterocycles. The molecule has 0 atom stereocenters. The molecular weight excluding hydrogens is 401 g/mol. The van der Waals surface area contributed by atoms with E-state index in [0.29, 0.717) is 41.2 Å². The number of ether oxygens (including phenoxy) is 1. The van der Waals surface area contributed by atoms with Crippen LogP contribution in [0.4, 0.5) is 4.39 Å². The first-order valence-electron chi connectivity index (χ1n) is 9.44. The summed E-state index contributed by atoms with van der Waals surface area (Å²) in [6, 6.07) is 16.9. The molecule has 148 valence electrons. The number of benzene rings is 2. The minimum Gasteiger partial charge on any atom is -0.493 e. The van der Waals surface area contributed by atoms with Gasteiger partial charge in [0, 0.05) is 28.8 Å². The van der Waals surface area contributed by atoms with Crippen LogP contribution in [0.2, 0.25) is 0 Å². The molecule has 0 aliphatic rings. The Labute approximate surface area is 175 Å². The number of aromatic nitrogens is 1. The largest absolute Gasteiger partial charge is 0.493 e. The third-order valence-electron chi connectivity index (χ3n) is 4.86. The van der Waals surface area contributed by atoms with Crippen LogP contribution < -0.4 is 10.2 Å². The van der Waals surface area contributed by atoms with Gasteiger partial charge < -0.3 is 9.15 Å². The van der Waals surface area contributed by atoms with Crippen LogP contribution in [0.5, 0.6) is 5.75 Å². The molecule has 3 heterocycles. The molecule has 2 aromatic carbocycles. The summed E-state index contributed by atoms with van der Waals surface area (Å²) < 4.78 is 25.8. The van der Waals surface area contributed by atoms with Crippen molar-refractivity contribution in [3.63, 3.8) is 0 Å². The fraction of sp³-hybridized carbons (Fsp3) is 0.0833. The Morgan fingerprint density at radius 3 is 2.77 bits per heavy atom. The summed E-state index contributed by atoms with van der Waals surface area (Å²) in [5.74, 6) is 0.765. The Kier molecular flexibility index (Phi) is 4.77. The average Bonchev–Trinajstić information content (AvgIpc) is 3.23. The molecule has 0 bridgehead atoms. The number of halogens is 1. The lowest BCUT2D eigenvalue weighted by molar-refractivity contribution is 0.322. The van der Waals surface area contributed by atoms with Crippen LogP contribution in [0.15, 0.2) is 81.5 Å². The number of pyridine rings is 1. The van der Waals surface area contributed by atoms with E-state index in [1.54, 1.807) is 47.9 Å². The van der Waals surface area contributed by atoms with Crippen molar-refractivity contribution in [2.75, 3.05) is 6.61 Å². The van der Waals surface area contributed by atoms with Gasteiger partial charge in [0.15, 0.2) is 11.2 Å². The van der Waals surface area contributed by atoms with Crippen molar-refractivity contribution in [3.05, 3.63) is 93.8 Å². The summed E-state index contributed by atoms with van der Waals surface area (Å²) in [5, 5.41) is 3.52. The molecule has 6 heteroatoms. The second kappa shape index (κ2) is 7.72. The van der Waals surface area contributed by atoms with Gasteiger partial charge in [-0.25, -0.2) is 4.39 Å². The minimum atomic E-state index is -0.259. The van der Waals surface area contributed by atoms with Gasteiger partial charge in [-0.2, -0.15) is 0 Å². The molecule has 4 nitrogen and oxygen atoms in total. The highest BCUT2D eigenvalue weighted by molar-refractivity contribution is 7.17. The van der Waals surface area contributed by atoms with E-state index in [1.165, 1.54) is 18.2 Å². The van der Waals surface area contributed by atoms with E-state index in [1.807, 2.05) is 17.5 Å². The van der Waals surface area contributed by atoms with Gasteiger partial charge >= 0.3 is 0 Å². The van der Waals surface area contributed by atoms with Gasteiger partial charge in [0.05, 0.1) is 12.0 Å². The van der Waals surface area contributed by atoms with E-state index < -0.39 is 0 Å². The third kappa shape index (κ3) is 3.69. The van der Waals surface area contributed by atoms with Crippen molar-refractivity contribution < 1.29 is 13.5 Å². The highest BCUT2D eigenvalue weighted by Gasteiger charge is 2.10. The number of thiophene rings is 1. The Hall–Kier alpha value is -3.51. The molecule has 0 unspecified atom stereocenters. The first kappa shape index (κ1) is 18.5. The van der Waals surface area contributed by atoms with Gasteiger partial charge in [-0.1, -0.05) is 12.1 Å². The predicted octanol–water partition coefficient (Wildman–Crippen LogP) is 5.83. The molecule has 0 aliphatic carbocycles. The maximum atomic E-state index is 13.0. The fourth-order valence-corrected chi connectivity index (χ4v) is 4.08. The normalized spacial score (nSPS) is 11.2. The summed E-state index contributed by atoms with van der Waals surface area (Å²) >= 11 is 1.62. The molecule has 0 spiro atoms. The molecular formula is C24H16FNO3S. The topological polar surface area (TPSA) is 52.3 Å². The molecule has 0 radical (unpaired) electrons. The average molecular weight is 417 g/mol. The van der Waals surface area contributed by atoms with Crippen molar-refractivity contribution in [2.24, 2.45) is 0 Å². The molecule has 0 fully saturated rings. The van der Waals surface area contributed by atoms with Gasteiger partial charge in [0.25, 0.3) is 0 Å². The number of rotatable bonds is 5. The summed E-state index contributed by atoms with van der Waals surface area (Å²) in [4.78, 5) is 17.1. The van der Waals surface area contributed by atoms with Gasteiger partial charge in [0.1, 0.15) is 22.8 Å². The third-order valence-corrected chi connectivity index (χ3v) is 5.74. The second-order valence-corrected chi connectivity index (χ2v) is 7.83. The van der Waals surface area contributed by atoms with Gasteiger partial charge in [-0.3, -0.25) is 9.78 Å². The van der Waals surface area contributed by atoms with Crippen LogP contribution in [-0.2, 0) is 6.42 Å².